The third kappa shape index (κ3) is 1.43. The molecule has 15 heavy (non-hydrogen) atoms. The van der Waals surface area contributed by atoms with E-state index in [1.54, 1.807) is 0 Å². The molecule has 1 saturated carbocycles. The summed E-state index contributed by atoms with van der Waals surface area (Å²) in [6, 6.07) is 4.60. The quantitative estimate of drug-likeness (QED) is 0.800. The summed E-state index contributed by atoms with van der Waals surface area (Å²) in [5, 5.41) is 3.55. The maximum Gasteiger partial charge on any atom is 0.129 e. The predicted molar refractivity (Wildman–Crippen MR) is 63.9 cm³/mol. The van der Waals surface area contributed by atoms with Gasteiger partial charge in [0, 0.05) is 12.2 Å². The molecule has 1 aromatic rings. The number of pyridine rings is 1. The third-order valence-corrected chi connectivity index (χ3v) is 4.31. The van der Waals surface area contributed by atoms with Gasteiger partial charge in [-0.05, 0) is 29.4 Å². The minimum atomic E-state index is 0.358. The van der Waals surface area contributed by atoms with Gasteiger partial charge in [-0.15, -0.1) is 0 Å². The Hall–Kier alpha value is -1.05. The first-order chi connectivity index (χ1) is 6.87. The highest BCUT2D eigenvalue weighted by atomic mass is 15.1. The molecule has 0 spiro atoms. The van der Waals surface area contributed by atoms with Crippen molar-refractivity contribution in [2.45, 2.75) is 40.7 Å². The van der Waals surface area contributed by atoms with Crippen LogP contribution in [0.2, 0.25) is 0 Å². The normalized spacial score (nSPS) is 22.5. The van der Waals surface area contributed by atoms with E-state index in [2.05, 4.69) is 51.0 Å². The lowest BCUT2D eigenvalue weighted by atomic mass is 10.0. The maximum absolute atomic E-state index is 4.38. The average molecular weight is 204 g/mol. The number of hydrogen-bond donors (Lipinski definition) is 1. The summed E-state index contributed by atoms with van der Waals surface area (Å²) in [5.41, 5.74) is 1.93. The van der Waals surface area contributed by atoms with E-state index >= 15 is 0 Å². The Kier molecular flexibility index (Phi) is 2.07. The van der Waals surface area contributed by atoms with Gasteiger partial charge in [-0.25, -0.2) is 4.98 Å². The number of rotatable bonds is 2. The first-order valence-electron chi connectivity index (χ1n) is 5.55. The maximum atomic E-state index is 4.38. The number of nitrogens with one attached hydrogen (secondary N) is 1. The highest BCUT2D eigenvalue weighted by molar-refractivity contribution is 5.47. The second-order valence-electron chi connectivity index (χ2n) is 5.69. The Morgan fingerprint density at radius 3 is 2.27 bits per heavy atom. The van der Waals surface area contributed by atoms with E-state index in [0.717, 1.165) is 5.82 Å². The molecule has 0 saturated heterocycles. The van der Waals surface area contributed by atoms with Crippen LogP contribution in [0, 0.1) is 17.8 Å². The molecule has 0 radical (unpaired) electrons. The van der Waals surface area contributed by atoms with Gasteiger partial charge < -0.3 is 5.32 Å². The van der Waals surface area contributed by atoms with E-state index in [1.165, 1.54) is 5.56 Å². The molecule has 1 aliphatic carbocycles. The van der Waals surface area contributed by atoms with Crippen molar-refractivity contribution in [2.75, 3.05) is 5.32 Å². The monoisotopic (exact) mass is 204 g/mol. The summed E-state index contributed by atoms with van der Waals surface area (Å²) in [6.07, 6.45) is 1.84. The van der Waals surface area contributed by atoms with Crippen LogP contribution in [-0.2, 0) is 0 Å². The molecule has 1 aromatic heterocycles. The van der Waals surface area contributed by atoms with Crippen LogP contribution in [0.25, 0.3) is 0 Å². The second kappa shape index (κ2) is 2.97. The van der Waals surface area contributed by atoms with E-state index in [4.69, 9.17) is 0 Å². The number of aromatic nitrogens is 1. The first-order valence-corrected chi connectivity index (χ1v) is 5.55. The largest absolute Gasteiger partial charge is 0.366 e. The molecule has 0 amide bonds. The molecule has 0 atom stereocenters. The van der Waals surface area contributed by atoms with Crippen molar-refractivity contribution in [3.63, 3.8) is 0 Å². The Bertz CT molecular complexity index is 366. The summed E-state index contributed by atoms with van der Waals surface area (Å²) in [7, 11) is 0. The SMILES string of the molecule is Cc1cccnc1NC1C(C)(C)C1(C)C. The van der Waals surface area contributed by atoms with E-state index in [-0.39, 0.29) is 0 Å². The highest BCUT2D eigenvalue weighted by Crippen LogP contribution is 2.63. The Balaban J connectivity index is 2.16. The summed E-state index contributed by atoms with van der Waals surface area (Å²) in [6.45, 7) is 11.3. The zero-order chi connectivity index (χ0) is 11.3. The molecule has 1 fully saturated rings. The number of anilines is 1. The van der Waals surface area contributed by atoms with Gasteiger partial charge in [-0.2, -0.15) is 0 Å². The van der Waals surface area contributed by atoms with Crippen LogP contribution in [0.5, 0.6) is 0 Å². The van der Waals surface area contributed by atoms with Crippen LogP contribution in [0.4, 0.5) is 5.82 Å². The lowest BCUT2D eigenvalue weighted by Crippen LogP contribution is -2.12. The van der Waals surface area contributed by atoms with Gasteiger partial charge in [0.25, 0.3) is 0 Å². The van der Waals surface area contributed by atoms with Crippen molar-refractivity contribution in [1.29, 1.82) is 0 Å². The van der Waals surface area contributed by atoms with Crippen LogP contribution >= 0.6 is 0 Å². The summed E-state index contributed by atoms with van der Waals surface area (Å²) < 4.78 is 0. The van der Waals surface area contributed by atoms with E-state index in [1.807, 2.05) is 12.3 Å². The molecule has 1 heterocycles. The Morgan fingerprint density at radius 1 is 1.20 bits per heavy atom. The molecule has 2 rings (SSSR count). The van der Waals surface area contributed by atoms with Gasteiger partial charge in [-0.3, -0.25) is 0 Å². The van der Waals surface area contributed by atoms with Crippen LogP contribution in [0.15, 0.2) is 18.3 Å². The lowest BCUT2D eigenvalue weighted by Gasteiger charge is -2.09. The highest BCUT2D eigenvalue weighted by Gasteiger charge is 2.65. The Labute approximate surface area is 92.1 Å². The molecule has 2 nitrogen and oxygen atoms in total. The zero-order valence-electron chi connectivity index (χ0n) is 10.3. The third-order valence-electron chi connectivity index (χ3n) is 4.31. The molecule has 0 unspecified atom stereocenters. The van der Waals surface area contributed by atoms with E-state index in [0.29, 0.717) is 16.9 Å². The fourth-order valence-electron chi connectivity index (χ4n) is 2.33. The fourth-order valence-corrected chi connectivity index (χ4v) is 2.33. The minimum absolute atomic E-state index is 0.358. The van der Waals surface area contributed by atoms with Crippen molar-refractivity contribution >= 4 is 5.82 Å². The van der Waals surface area contributed by atoms with Crippen molar-refractivity contribution < 1.29 is 0 Å². The van der Waals surface area contributed by atoms with Gasteiger partial charge in [0.05, 0.1) is 0 Å². The molecule has 1 N–H and O–H groups in total. The molecule has 0 bridgehead atoms. The van der Waals surface area contributed by atoms with Gasteiger partial charge >= 0.3 is 0 Å². The van der Waals surface area contributed by atoms with E-state index < -0.39 is 0 Å². The molecule has 82 valence electrons. The van der Waals surface area contributed by atoms with Crippen molar-refractivity contribution in [3.8, 4) is 0 Å². The molecular formula is C13H20N2. The number of nitrogens with zero attached hydrogens (tertiary/aromatic N) is 1. The van der Waals surface area contributed by atoms with Crippen LogP contribution in [0.3, 0.4) is 0 Å². The number of aryl methyl sites for hydroxylation is 1. The van der Waals surface area contributed by atoms with Gasteiger partial charge in [0.15, 0.2) is 0 Å². The molecule has 0 aliphatic heterocycles. The van der Waals surface area contributed by atoms with Crippen LogP contribution in [-0.4, -0.2) is 11.0 Å². The lowest BCUT2D eigenvalue weighted by molar-refractivity contribution is 0.457. The van der Waals surface area contributed by atoms with Crippen molar-refractivity contribution in [2.24, 2.45) is 10.8 Å². The molecular weight excluding hydrogens is 184 g/mol. The molecule has 0 aromatic carbocycles. The van der Waals surface area contributed by atoms with Gasteiger partial charge in [0.2, 0.25) is 0 Å². The summed E-state index contributed by atoms with van der Waals surface area (Å²) in [4.78, 5) is 4.38. The zero-order valence-corrected chi connectivity index (χ0v) is 10.3. The second-order valence-corrected chi connectivity index (χ2v) is 5.69. The Morgan fingerprint density at radius 2 is 1.80 bits per heavy atom. The summed E-state index contributed by atoms with van der Waals surface area (Å²) >= 11 is 0. The van der Waals surface area contributed by atoms with Crippen LogP contribution < -0.4 is 5.32 Å². The average Bonchev–Trinajstić information content (AvgIpc) is 2.51. The summed E-state index contributed by atoms with van der Waals surface area (Å²) in [5.74, 6) is 1.03. The van der Waals surface area contributed by atoms with Crippen molar-refractivity contribution in [1.82, 2.24) is 4.98 Å². The molecule has 1 aliphatic rings. The van der Waals surface area contributed by atoms with Gasteiger partial charge in [-0.1, -0.05) is 33.8 Å². The van der Waals surface area contributed by atoms with Gasteiger partial charge in [0.1, 0.15) is 5.82 Å². The van der Waals surface area contributed by atoms with Crippen molar-refractivity contribution in [3.05, 3.63) is 23.9 Å². The topological polar surface area (TPSA) is 24.9 Å². The number of hydrogen-bond acceptors (Lipinski definition) is 2. The smallest absolute Gasteiger partial charge is 0.129 e. The minimum Gasteiger partial charge on any atom is -0.366 e. The predicted octanol–water partition coefficient (Wildman–Crippen LogP) is 3.24. The first kappa shape index (κ1) is 10.5. The molecule has 2 heteroatoms. The van der Waals surface area contributed by atoms with Crippen LogP contribution in [0.1, 0.15) is 33.3 Å². The fraction of sp³-hybridized carbons (Fsp3) is 0.615. The van der Waals surface area contributed by atoms with E-state index in [9.17, 15) is 0 Å². The standard InChI is InChI=1S/C13H20N2/c1-9-7-6-8-14-10(9)15-11-12(2,3)13(11,4)5/h6-8,11H,1-5H3,(H,14,15).